The maximum atomic E-state index is 2.26. The van der Waals surface area contributed by atoms with Gasteiger partial charge >= 0.3 is 0 Å². The van der Waals surface area contributed by atoms with Crippen molar-refractivity contribution in [1.29, 1.82) is 0 Å². The Bertz CT molecular complexity index is 369. The standard InChI is InChI=1S/C13H20NP/c1-9-7-10(2)13(11(3)8-9)15-12(4)14(5)6/h7-8H,1-6H3. The van der Waals surface area contributed by atoms with E-state index >= 15 is 0 Å². The summed E-state index contributed by atoms with van der Waals surface area (Å²) in [5, 5.41) is 1.45. The van der Waals surface area contributed by atoms with Gasteiger partial charge in [-0.3, -0.25) is 4.90 Å². The first-order valence-electron chi connectivity index (χ1n) is 5.22. The van der Waals surface area contributed by atoms with Gasteiger partial charge in [0.2, 0.25) is 0 Å². The number of hydrogen-bond donors (Lipinski definition) is 0. The molecule has 0 atom stereocenters. The predicted molar refractivity (Wildman–Crippen MR) is 71.6 cm³/mol. The third-order valence-corrected chi connectivity index (χ3v) is 4.21. The summed E-state index contributed by atoms with van der Waals surface area (Å²) in [6.45, 7) is 8.74. The van der Waals surface area contributed by atoms with Gasteiger partial charge in [0.05, 0.1) is 0 Å². The first kappa shape index (κ1) is 12.4. The van der Waals surface area contributed by atoms with Crippen LogP contribution in [0.25, 0.3) is 0 Å². The summed E-state index contributed by atoms with van der Waals surface area (Å²) >= 11 is 0. The van der Waals surface area contributed by atoms with Crippen molar-refractivity contribution in [2.75, 3.05) is 14.1 Å². The topological polar surface area (TPSA) is 3.24 Å². The highest BCUT2D eigenvalue weighted by Gasteiger charge is 2.03. The SMILES string of the molecule is CC(=Pc1c(C)cc(C)cc1C)N(C)C. The fourth-order valence-electron chi connectivity index (χ4n) is 1.61. The molecule has 0 bridgehead atoms. The largest absolute Gasteiger partial charge is 0.281 e. The lowest BCUT2D eigenvalue weighted by atomic mass is 10.1. The van der Waals surface area contributed by atoms with Crippen LogP contribution in [-0.2, 0) is 0 Å². The number of aryl methyl sites for hydroxylation is 3. The fraction of sp³-hybridized carbons (Fsp3) is 0.462. The van der Waals surface area contributed by atoms with E-state index in [1.165, 1.54) is 35.6 Å². The molecule has 1 aromatic carbocycles. The van der Waals surface area contributed by atoms with Crippen molar-refractivity contribution < 1.29 is 0 Å². The molecule has 0 N–H and O–H groups in total. The van der Waals surface area contributed by atoms with Crippen LogP contribution in [0.3, 0.4) is 0 Å². The molecule has 1 rings (SSSR count). The van der Waals surface area contributed by atoms with Gasteiger partial charge in [-0.05, 0) is 52.9 Å². The Kier molecular flexibility index (Phi) is 4.07. The molecule has 0 unspecified atom stereocenters. The zero-order chi connectivity index (χ0) is 11.6. The molecule has 0 aromatic heterocycles. The lowest BCUT2D eigenvalue weighted by molar-refractivity contribution is 0.631. The van der Waals surface area contributed by atoms with Crippen molar-refractivity contribution in [1.82, 2.24) is 4.90 Å². The smallest absolute Gasteiger partial charge is 0.0188 e. The molecule has 0 amide bonds. The van der Waals surface area contributed by atoms with Crippen LogP contribution in [0, 0.1) is 20.8 Å². The van der Waals surface area contributed by atoms with Gasteiger partial charge in [-0.2, -0.15) is 0 Å². The van der Waals surface area contributed by atoms with E-state index in [0.717, 1.165) is 0 Å². The summed E-state index contributed by atoms with van der Waals surface area (Å²) in [7, 11) is 5.52. The van der Waals surface area contributed by atoms with Gasteiger partial charge in [0.25, 0.3) is 0 Å². The van der Waals surface area contributed by atoms with Crippen LogP contribution in [0.15, 0.2) is 12.1 Å². The molecule has 2 heteroatoms. The van der Waals surface area contributed by atoms with Crippen molar-refractivity contribution >= 4 is 18.9 Å². The summed E-state index contributed by atoms with van der Waals surface area (Å²) in [5.74, 6) is 0. The van der Waals surface area contributed by atoms with Crippen LogP contribution in [0.5, 0.6) is 0 Å². The van der Waals surface area contributed by atoms with Crippen molar-refractivity contribution in [2.45, 2.75) is 27.7 Å². The second-order valence-corrected chi connectivity index (χ2v) is 5.62. The molecule has 0 radical (unpaired) electrons. The van der Waals surface area contributed by atoms with Gasteiger partial charge in [0, 0.05) is 10.7 Å². The number of nitrogens with zero attached hydrogens (tertiary/aromatic N) is 1. The van der Waals surface area contributed by atoms with Crippen molar-refractivity contribution in [3.8, 4) is 0 Å². The van der Waals surface area contributed by atoms with E-state index in [1.807, 2.05) is 0 Å². The molecule has 1 nitrogen and oxygen atoms in total. The van der Waals surface area contributed by atoms with E-state index < -0.39 is 0 Å². The highest BCUT2D eigenvalue weighted by molar-refractivity contribution is 7.49. The van der Waals surface area contributed by atoms with Crippen molar-refractivity contribution in [3.05, 3.63) is 28.8 Å². The monoisotopic (exact) mass is 221 g/mol. The summed E-state index contributed by atoms with van der Waals surface area (Å²) in [5.41, 5.74) is 5.53. The van der Waals surface area contributed by atoms with Crippen molar-refractivity contribution in [3.63, 3.8) is 0 Å². The maximum Gasteiger partial charge on any atom is 0.0188 e. The summed E-state index contributed by atoms with van der Waals surface area (Å²) in [6.07, 6.45) is 0. The molecule has 0 aliphatic heterocycles. The molecular formula is C13H20NP. The van der Waals surface area contributed by atoms with Gasteiger partial charge in [-0.15, -0.1) is 0 Å². The van der Waals surface area contributed by atoms with Gasteiger partial charge in [-0.25, -0.2) is 0 Å². The Hall–Kier alpha value is -0.650. The molecule has 0 saturated heterocycles. The Morgan fingerprint density at radius 1 is 1.07 bits per heavy atom. The zero-order valence-corrected chi connectivity index (χ0v) is 11.4. The average molecular weight is 221 g/mol. The quantitative estimate of drug-likeness (QED) is 0.694. The number of rotatable bonds is 2. The van der Waals surface area contributed by atoms with Gasteiger partial charge in [0.15, 0.2) is 0 Å². The molecule has 15 heavy (non-hydrogen) atoms. The van der Waals surface area contributed by atoms with Crippen LogP contribution in [0.2, 0.25) is 0 Å². The normalized spacial score (nSPS) is 12.3. The molecular weight excluding hydrogens is 201 g/mol. The highest BCUT2D eigenvalue weighted by atomic mass is 31.1. The van der Waals surface area contributed by atoms with Gasteiger partial charge in [0.1, 0.15) is 0 Å². The molecule has 0 aliphatic carbocycles. The number of hydrogen-bond acceptors (Lipinski definition) is 0. The van der Waals surface area contributed by atoms with E-state index in [4.69, 9.17) is 0 Å². The first-order valence-corrected chi connectivity index (χ1v) is 6.11. The molecule has 0 heterocycles. The lowest BCUT2D eigenvalue weighted by Gasteiger charge is -2.12. The summed E-state index contributed by atoms with van der Waals surface area (Å²) < 4.78 is 0. The lowest BCUT2D eigenvalue weighted by Crippen LogP contribution is -2.18. The minimum Gasteiger partial charge on any atom is -0.281 e. The first-order chi connectivity index (χ1) is 6.91. The Morgan fingerprint density at radius 2 is 1.53 bits per heavy atom. The third-order valence-electron chi connectivity index (χ3n) is 2.56. The molecule has 0 spiro atoms. The van der Waals surface area contributed by atoms with E-state index in [0.29, 0.717) is 0 Å². The Balaban J connectivity index is 3.21. The third kappa shape index (κ3) is 3.15. The molecule has 82 valence electrons. The van der Waals surface area contributed by atoms with E-state index in [2.05, 4.69) is 58.8 Å². The van der Waals surface area contributed by atoms with Crippen LogP contribution < -0.4 is 5.30 Å². The molecule has 0 aliphatic rings. The fourth-order valence-corrected chi connectivity index (χ4v) is 2.62. The Morgan fingerprint density at radius 3 is 1.93 bits per heavy atom. The van der Waals surface area contributed by atoms with Crippen LogP contribution in [0.4, 0.5) is 0 Å². The number of benzene rings is 1. The van der Waals surface area contributed by atoms with E-state index in [1.54, 1.807) is 0 Å². The minimum atomic E-state index is 1.33. The highest BCUT2D eigenvalue weighted by Crippen LogP contribution is 2.13. The van der Waals surface area contributed by atoms with Crippen LogP contribution in [-0.4, -0.2) is 24.4 Å². The van der Waals surface area contributed by atoms with Crippen LogP contribution >= 0.6 is 8.20 Å². The predicted octanol–water partition coefficient (Wildman–Crippen LogP) is 2.89. The van der Waals surface area contributed by atoms with Gasteiger partial charge in [-0.1, -0.05) is 25.9 Å². The minimum absolute atomic E-state index is 1.33. The average Bonchev–Trinajstić information content (AvgIpc) is 2.10. The maximum absolute atomic E-state index is 2.26. The van der Waals surface area contributed by atoms with Crippen molar-refractivity contribution in [2.24, 2.45) is 0 Å². The van der Waals surface area contributed by atoms with E-state index in [9.17, 15) is 0 Å². The van der Waals surface area contributed by atoms with Crippen LogP contribution in [0.1, 0.15) is 23.6 Å². The zero-order valence-electron chi connectivity index (χ0n) is 10.5. The van der Waals surface area contributed by atoms with E-state index in [-0.39, 0.29) is 0 Å². The Labute approximate surface area is 94.9 Å². The second-order valence-electron chi connectivity index (χ2n) is 4.30. The molecule has 1 aromatic rings. The second kappa shape index (κ2) is 4.92. The van der Waals surface area contributed by atoms with Gasteiger partial charge < -0.3 is 0 Å². The summed E-state index contributed by atoms with van der Waals surface area (Å²) in [4.78, 5) is 2.18. The summed E-state index contributed by atoms with van der Waals surface area (Å²) in [6, 6.07) is 4.52. The molecule has 0 fully saturated rings. The molecule has 0 saturated carbocycles.